The molecule has 2 heterocycles. The number of nitrogens with one attached hydrogen (secondary N) is 2. The highest BCUT2D eigenvalue weighted by atomic mass is 32.1. The maximum atomic E-state index is 14.3. The van der Waals surface area contributed by atoms with E-state index in [4.69, 9.17) is 4.52 Å². The predicted molar refractivity (Wildman–Crippen MR) is 107 cm³/mol. The van der Waals surface area contributed by atoms with Gasteiger partial charge >= 0.3 is 0 Å². The van der Waals surface area contributed by atoms with Crippen LogP contribution in [0, 0.1) is 5.82 Å². The van der Waals surface area contributed by atoms with E-state index in [0.717, 1.165) is 0 Å². The first-order valence-electron chi connectivity index (χ1n) is 9.09. The number of amides is 2. The number of rotatable bonds is 8. The number of aromatic nitrogens is 3. The average Bonchev–Trinajstić information content (AvgIpc) is 3.31. The maximum Gasteiger partial charge on any atom is 0.226 e. The van der Waals surface area contributed by atoms with Crippen molar-refractivity contribution >= 4 is 34.0 Å². The molecule has 8 nitrogen and oxygen atoms in total. The lowest BCUT2D eigenvalue weighted by atomic mass is 10.1. The number of thiazole rings is 1. The number of anilines is 2. The van der Waals surface area contributed by atoms with Crippen molar-refractivity contribution in [1.82, 2.24) is 15.1 Å². The van der Waals surface area contributed by atoms with Crippen molar-refractivity contribution in [3.05, 3.63) is 41.1 Å². The molecule has 3 aromatic rings. The molecule has 0 aliphatic carbocycles. The Balaban J connectivity index is 1.54. The van der Waals surface area contributed by atoms with Crippen molar-refractivity contribution in [1.29, 1.82) is 0 Å². The largest absolute Gasteiger partial charge is 0.339 e. The summed E-state index contributed by atoms with van der Waals surface area (Å²) < 4.78 is 19.4. The molecule has 0 saturated carbocycles. The molecule has 0 spiro atoms. The Morgan fingerprint density at radius 1 is 1.24 bits per heavy atom. The van der Waals surface area contributed by atoms with Gasteiger partial charge in [-0.15, -0.1) is 11.3 Å². The van der Waals surface area contributed by atoms with Crippen molar-refractivity contribution in [2.24, 2.45) is 0 Å². The second-order valence-corrected chi connectivity index (χ2v) is 7.13. The second kappa shape index (κ2) is 9.37. The van der Waals surface area contributed by atoms with Crippen LogP contribution in [0.4, 0.5) is 15.2 Å². The van der Waals surface area contributed by atoms with Crippen LogP contribution in [-0.4, -0.2) is 26.9 Å². The number of carbonyl (C=O) groups is 2. The highest BCUT2D eigenvalue weighted by Crippen LogP contribution is 2.28. The standard InChI is InChI=1S/C19H20FN5O3S/c1-3-16-23-18(28-25-16)6-4-5-17(27)24-19-22-15(10-29-19)13-8-7-12(9-14(13)20)21-11(2)26/h7-10H,3-6H2,1-2H3,(H,21,26)(H,22,24,27). The van der Waals surface area contributed by atoms with E-state index in [1.165, 1.54) is 30.4 Å². The van der Waals surface area contributed by atoms with Crippen molar-refractivity contribution in [3.63, 3.8) is 0 Å². The first-order chi connectivity index (χ1) is 13.9. The topological polar surface area (TPSA) is 110 Å². The van der Waals surface area contributed by atoms with Gasteiger partial charge in [0.05, 0.1) is 5.69 Å². The fourth-order valence-electron chi connectivity index (χ4n) is 2.58. The third kappa shape index (κ3) is 5.67. The van der Waals surface area contributed by atoms with Gasteiger partial charge in [-0.1, -0.05) is 12.1 Å². The van der Waals surface area contributed by atoms with Gasteiger partial charge in [0.1, 0.15) is 5.82 Å². The van der Waals surface area contributed by atoms with Crippen LogP contribution in [0.3, 0.4) is 0 Å². The SMILES string of the molecule is CCc1noc(CCCC(=O)Nc2nc(-c3ccc(NC(C)=O)cc3F)cs2)n1. The molecule has 0 radical (unpaired) electrons. The quantitative estimate of drug-likeness (QED) is 0.577. The number of halogens is 1. The van der Waals surface area contributed by atoms with Crippen LogP contribution in [0.1, 0.15) is 38.4 Å². The molecule has 29 heavy (non-hydrogen) atoms. The molecule has 2 N–H and O–H groups in total. The zero-order valence-corrected chi connectivity index (χ0v) is 16.8. The minimum atomic E-state index is -0.509. The van der Waals surface area contributed by atoms with Gasteiger partial charge in [0.15, 0.2) is 11.0 Å². The lowest BCUT2D eigenvalue weighted by Gasteiger charge is -2.05. The Kier molecular flexibility index (Phi) is 6.65. The smallest absolute Gasteiger partial charge is 0.226 e. The molecule has 0 aliphatic rings. The molecule has 0 unspecified atom stereocenters. The molecule has 10 heteroatoms. The summed E-state index contributed by atoms with van der Waals surface area (Å²) in [4.78, 5) is 31.6. The Hall–Kier alpha value is -3.14. The summed E-state index contributed by atoms with van der Waals surface area (Å²) in [6.07, 6.45) is 2.06. The Morgan fingerprint density at radius 3 is 2.76 bits per heavy atom. The Morgan fingerprint density at radius 2 is 2.07 bits per heavy atom. The molecule has 3 rings (SSSR count). The molecule has 2 amide bonds. The number of hydrogen-bond acceptors (Lipinski definition) is 7. The van der Waals surface area contributed by atoms with Gasteiger partial charge in [-0.25, -0.2) is 9.37 Å². The van der Waals surface area contributed by atoms with Gasteiger partial charge in [-0.2, -0.15) is 4.98 Å². The first-order valence-corrected chi connectivity index (χ1v) is 9.97. The van der Waals surface area contributed by atoms with Crippen LogP contribution in [0.2, 0.25) is 0 Å². The lowest BCUT2D eigenvalue weighted by Crippen LogP contribution is -2.11. The summed E-state index contributed by atoms with van der Waals surface area (Å²) in [6, 6.07) is 4.37. The van der Waals surface area contributed by atoms with Crippen molar-refractivity contribution in [3.8, 4) is 11.3 Å². The summed E-state index contributed by atoms with van der Waals surface area (Å²) in [7, 11) is 0. The van der Waals surface area contributed by atoms with Crippen LogP contribution in [0.25, 0.3) is 11.3 Å². The fourth-order valence-corrected chi connectivity index (χ4v) is 3.30. The van der Waals surface area contributed by atoms with Gasteiger partial charge in [-0.3, -0.25) is 9.59 Å². The Bertz CT molecular complexity index is 1020. The van der Waals surface area contributed by atoms with Crippen molar-refractivity contribution in [2.45, 2.75) is 39.5 Å². The summed E-state index contributed by atoms with van der Waals surface area (Å²) in [5, 5.41) is 11.1. The lowest BCUT2D eigenvalue weighted by molar-refractivity contribution is -0.116. The molecule has 0 fully saturated rings. The molecule has 0 bridgehead atoms. The molecular weight excluding hydrogens is 397 g/mol. The third-order valence-electron chi connectivity index (χ3n) is 3.94. The molecule has 0 saturated heterocycles. The molecule has 152 valence electrons. The maximum absolute atomic E-state index is 14.3. The minimum absolute atomic E-state index is 0.192. The summed E-state index contributed by atoms with van der Waals surface area (Å²) in [5.74, 6) is 0.190. The number of nitrogens with zero attached hydrogens (tertiary/aromatic N) is 3. The van der Waals surface area contributed by atoms with Crippen molar-refractivity contribution < 1.29 is 18.5 Å². The van der Waals surface area contributed by atoms with Gasteiger partial charge in [0.25, 0.3) is 0 Å². The van der Waals surface area contributed by atoms with Gasteiger partial charge in [-0.05, 0) is 24.6 Å². The minimum Gasteiger partial charge on any atom is -0.339 e. The van der Waals surface area contributed by atoms with Crippen LogP contribution in [-0.2, 0) is 22.4 Å². The van der Waals surface area contributed by atoms with Gasteiger partial charge < -0.3 is 15.2 Å². The van der Waals surface area contributed by atoms with E-state index in [0.29, 0.717) is 53.1 Å². The zero-order chi connectivity index (χ0) is 20.8. The number of carbonyl (C=O) groups excluding carboxylic acids is 2. The van der Waals surface area contributed by atoms with Crippen LogP contribution < -0.4 is 10.6 Å². The molecular formula is C19H20FN5O3S. The van der Waals surface area contributed by atoms with E-state index in [9.17, 15) is 14.0 Å². The highest BCUT2D eigenvalue weighted by Gasteiger charge is 2.13. The van der Waals surface area contributed by atoms with Crippen molar-refractivity contribution in [2.75, 3.05) is 10.6 Å². The predicted octanol–water partition coefficient (Wildman–Crippen LogP) is 3.81. The summed E-state index contributed by atoms with van der Waals surface area (Å²) in [6.45, 7) is 3.29. The normalized spacial score (nSPS) is 10.7. The van der Waals surface area contributed by atoms with Gasteiger partial charge in [0.2, 0.25) is 17.7 Å². The molecule has 0 aliphatic heterocycles. The van der Waals surface area contributed by atoms with E-state index >= 15 is 0 Å². The van der Waals surface area contributed by atoms with Crippen LogP contribution >= 0.6 is 11.3 Å². The first kappa shape index (κ1) is 20.6. The van der Waals surface area contributed by atoms with Gasteiger partial charge in [0, 0.05) is 42.8 Å². The molecule has 1 aromatic carbocycles. The third-order valence-corrected chi connectivity index (χ3v) is 4.69. The molecule has 2 aromatic heterocycles. The van der Waals surface area contributed by atoms with Crippen LogP contribution in [0.5, 0.6) is 0 Å². The highest BCUT2D eigenvalue weighted by molar-refractivity contribution is 7.14. The Labute approximate surface area is 170 Å². The van der Waals surface area contributed by atoms with E-state index < -0.39 is 5.82 Å². The number of aryl methyl sites for hydroxylation is 2. The fraction of sp³-hybridized carbons (Fsp3) is 0.316. The molecule has 0 atom stereocenters. The zero-order valence-electron chi connectivity index (χ0n) is 16.0. The van der Waals surface area contributed by atoms with E-state index in [1.807, 2.05) is 6.92 Å². The monoisotopic (exact) mass is 417 g/mol. The average molecular weight is 417 g/mol. The summed E-state index contributed by atoms with van der Waals surface area (Å²) in [5.41, 5.74) is 1.07. The number of benzene rings is 1. The van der Waals surface area contributed by atoms with E-state index in [2.05, 4.69) is 25.8 Å². The van der Waals surface area contributed by atoms with E-state index in [1.54, 1.807) is 11.4 Å². The second-order valence-electron chi connectivity index (χ2n) is 6.27. The number of hydrogen-bond donors (Lipinski definition) is 2. The van der Waals surface area contributed by atoms with Crippen LogP contribution in [0.15, 0.2) is 28.1 Å². The summed E-state index contributed by atoms with van der Waals surface area (Å²) >= 11 is 1.21. The van der Waals surface area contributed by atoms with E-state index in [-0.39, 0.29) is 18.2 Å².